The molecule has 2 aromatic rings. The van der Waals surface area contributed by atoms with Crippen LogP contribution in [0, 0.1) is 27.7 Å². The van der Waals surface area contributed by atoms with Crippen molar-refractivity contribution in [2.75, 3.05) is 6.54 Å². The van der Waals surface area contributed by atoms with E-state index in [1.807, 2.05) is 0 Å². The molecule has 108 valence electrons. The van der Waals surface area contributed by atoms with E-state index in [0.717, 1.165) is 31.6 Å². The molecule has 0 atom stereocenters. The van der Waals surface area contributed by atoms with Crippen LogP contribution in [0.2, 0.25) is 0 Å². The zero-order valence-corrected chi connectivity index (χ0v) is 13.0. The predicted molar refractivity (Wildman–Crippen MR) is 84.1 cm³/mol. The lowest BCUT2D eigenvalue weighted by Gasteiger charge is -2.09. The van der Waals surface area contributed by atoms with Crippen LogP contribution in [0.4, 0.5) is 0 Å². The van der Waals surface area contributed by atoms with Gasteiger partial charge in [-0.3, -0.25) is 4.68 Å². The first-order valence-corrected chi connectivity index (χ1v) is 7.32. The smallest absolute Gasteiger partial charge is 0.0665 e. The molecule has 0 spiro atoms. The van der Waals surface area contributed by atoms with Crippen LogP contribution in [0.25, 0.3) is 0 Å². The van der Waals surface area contributed by atoms with E-state index in [1.54, 1.807) is 0 Å². The van der Waals surface area contributed by atoms with E-state index >= 15 is 0 Å². The molecule has 0 saturated heterocycles. The predicted octanol–water partition coefficient (Wildman–Crippen LogP) is 3.06. The maximum Gasteiger partial charge on any atom is 0.0665 e. The fourth-order valence-corrected chi connectivity index (χ4v) is 2.71. The van der Waals surface area contributed by atoms with Crippen LogP contribution in [0.1, 0.15) is 40.1 Å². The van der Waals surface area contributed by atoms with Crippen LogP contribution < -0.4 is 5.73 Å². The third kappa shape index (κ3) is 3.10. The maximum atomic E-state index is 5.61. The van der Waals surface area contributed by atoms with E-state index in [4.69, 9.17) is 10.8 Å². The Labute approximate surface area is 121 Å². The van der Waals surface area contributed by atoms with Crippen molar-refractivity contribution < 1.29 is 0 Å². The molecule has 1 aromatic heterocycles. The lowest BCUT2D eigenvalue weighted by atomic mass is 10.1. The van der Waals surface area contributed by atoms with Gasteiger partial charge in [-0.15, -0.1) is 0 Å². The van der Waals surface area contributed by atoms with E-state index < -0.39 is 0 Å². The summed E-state index contributed by atoms with van der Waals surface area (Å²) in [5, 5.41) is 4.70. The summed E-state index contributed by atoms with van der Waals surface area (Å²) < 4.78 is 2.12. The van der Waals surface area contributed by atoms with Crippen LogP contribution in [-0.4, -0.2) is 16.3 Å². The van der Waals surface area contributed by atoms with Gasteiger partial charge in [0.05, 0.1) is 12.2 Å². The van der Waals surface area contributed by atoms with Gasteiger partial charge in [-0.1, -0.05) is 23.8 Å². The summed E-state index contributed by atoms with van der Waals surface area (Å²) in [6.45, 7) is 10.1. The molecule has 0 aliphatic carbocycles. The minimum atomic E-state index is 0.737. The number of hydrogen-bond donors (Lipinski definition) is 1. The van der Waals surface area contributed by atoms with Gasteiger partial charge in [-0.2, -0.15) is 5.10 Å². The van der Waals surface area contributed by atoms with E-state index in [-0.39, 0.29) is 0 Å². The molecule has 0 aliphatic heterocycles. The first kappa shape index (κ1) is 14.8. The van der Waals surface area contributed by atoms with E-state index in [1.165, 1.54) is 27.9 Å². The van der Waals surface area contributed by atoms with Crippen LogP contribution in [-0.2, 0) is 13.0 Å². The first-order valence-electron chi connectivity index (χ1n) is 7.32. The van der Waals surface area contributed by atoms with Gasteiger partial charge in [-0.05, 0) is 63.8 Å². The third-order valence-electron chi connectivity index (χ3n) is 3.98. The molecule has 2 N–H and O–H groups in total. The molecule has 3 heteroatoms. The van der Waals surface area contributed by atoms with Crippen molar-refractivity contribution in [3.05, 3.63) is 51.8 Å². The van der Waals surface area contributed by atoms with Gasteiger partial charge in [0, 0.05) is 5.69 Å². The van der Waals surface area contributed by atoms with Gasteiger partial charge in [0.15, 0.2) is 0 Å². The Bertz CT molecular complexity index is 597. The summed E-state index contributed by atoms with van der Waals surface area (Å²) >= 11 is 0. The van der Waals surface area contributed by atoms with Crippen LogP contribution in [0.5, 0.6) is 0 Å². The second-order valence-electron chi connectivity index (χ2n) is 5.63. The van der Waals surface area contributed by atoms with Crippen LogP contribution in [0.3, 0.4) is 0 Å². The van der Waals surface area contributed by atoms with Crippen LogP contribution in [0.15, 0.2) is 18.2 Å². The Morgan fingerprint density at radius 1 is 1.15 bits per heavy atom. The Morgan fingerprint density at radius 3 is 2.55 bits per heavy atom. The minimum absolute atomic E-state index is 0.737. The van der Waals surface area contributed by atoms with Crippen molar-refractivity contribution in [2.24, 2.45) is 5.73 Å². The molecule has 0 saturated carbocycles. The monoisotopic (exact) mass is 271 g/mol. The molecule has 3 nitrogen and oxygen atoms in total. The number of aromatic nitrogens is 2. The summed E-state index contributed by atoms with van der Waals surface area (Å²) in [6.07, 6.45) is 2.05. The zero-order valence-electron chi connectivity index (χ0n) is 13.0. The van der Waals surface area contributed by atoms with E-state index in [2.05, 4.69) is 50.6 Å². The second kappa shape index (κ2) is 6.23. The van der Waals surface area contributed by atoms with Crippen molar-refractivity contribution in [1.82, 2.24) is 9.78 Å². The van der Waals surface area contributed by atoms with Gasteiger partial charge >= 0.3 is 0 Å². The standard InChI is InChI=1S/C17H25N3/c1-12-7-8-16(13(2)10-12)11-20-15(4)17(6-5-9-18)14(3)19-20/h7-8,10H,5-6,9,11,18H2,1-4H3. The average molecular weight is 271 g/mol. The molecule has 0 unspecified atom stereocenters. The molecule has 0 bridgehead atoms. The number of nitrogens with zero attached hydrogens (tertiary/aromatic N) is 2. The molecule has 0 fully saturated rings. The van der Waals surface area contributed by atoms with Crippen LogP contribution >= 0.6 is 0 Å². The van der Waals surface area contributed by atoms with E-state index in [0.29, 0.717) is 0 Å². The number of benzene rings is 1. The Morgan fingerprint density at radius 2 is 1.90 bits per heavy atom. The summed E-state index contributed by atoms with van der Waals surface area (Å²) in [5.41, 5.74) is 13.4. The lowest BCUT2D eigenvalue weighted by Crippen LogP contribution is -2.06. The van der Waals surface area contributed by atoms with Gasteiger partial charge < -0.3 is 5.73 Å². The van der Waals surface area contributed by atoms with Crippen molar-refractivity contribution >= 4 is 0 Å². The van der Waals surface area contributed by atoms with Crippen molar-refractivity contribution in [2.45, 2.75) is 47.1 Å². The van der Waals surface area contributed by atoms with E-state index in [9.17, 15) is 0 Å². The fraction of sp³-hybridized carbons (Fsp3) is 0.471. The molecule has 20 heavy (non-hydrogen) atoms. The molecule has 0 amide bonds. The third-order valence-corrected chi connectivity index (χ3v) is 3.98. The number of nitrogens with two attached hydrogens (primary N) is 1. The molecule has 0 radical (unpaired) electrons. The van der Waals surface area contributed by atoms with Crippen molar-refractivity contribution in [1.29, 1.82) is 0 Å². The fourth-order valence-electron chi connectivity index (χ4n) is 2.71. The van der Waals surface area contributed by atoms with Crippen molar-refractivity contribution in [3.63, 3.8) is 0 Å². The second-order valence-corrected chi connectivity index (χ2v) is 5.63. The van der Waals surface area contributed by atoms with Gasteiger partial charge in [0.1, 0.15) is 0 Å². The Balaban J connectivity index is 2.25. The topological polar surface area (TPSA) is 43.8 Å². The Hall–Kier alpha value is -1.61. The first-order chi connectivity index (χ1) is 9.52. The molecule has 1 heterocycles. The lowest BCUT2D eigenvalue weighted by molar-refractivity contribution is 0.655. The SMILES string of the molecule is Cc1ccc(Cn2nc(C)c(CCCN)c2C)c(C)c1. The van der Waals surface area contributed by atoms with Gasteiger partial charge in [0.2, 0.25) is 0 Å². The van der Waals surface area contributed by atoms with Crippen molar-refractivity contribution in [3.8, 4) is 0 Å². The summed E-state index contributed by atoms with van der Waals surface area (Å²) in [5.74, 6) is 0. The molecule has 2 rings (SSSR count). The quantitative estimate of drug-likeness (QED) is 0.908. The number of aryl methyl sites for hydroxylation is 3. The number of rotatable bonds is 5. The number of hydrogen-bond acceptors (Lipinski definition) is 2. The molecular weight excluding hydrogens is 246 g/mol. The highest BCUT2D eigenvalue weighted by atomic mass is 15.3. The highest BCUT2D eigenvalue weighted by Crippen LogP contribution is 2.18. The highest BCUT2D eigenvalue weighted by molar-refractivity contribution is 5.32. The van der Waals surface area contributed by atoms with Gasteiger partial charge in [-0.25, -0.2) is 0 Å². The average Bonchev–Trinajstić information content (AvgIpc) is 2.66. The molecular formula is C17H25N3. The normalized spacial score (nSPS) is 11.1. The highest BCUT2D eigenvalue weighted by Gasteiger charge is 2.11. The molecule has 0 aliphatic rings. The zero-order chi connectivity index (χ0) is 14.7. The summed E-state index contributed by atoms with van der Waals surface area (Å²) in [7, 11) is 0. The maximum absolute atomic E-state index is 5.61. The Kier molecular flexibility index (Phi) is 4.61. The molecule has 1 aromatic carbocycles. The minimum Gasteiger partial charge on any atom is -0.330 e. The van der Waals surface area contributed by atoms with Gasteiger partial charge in [0.25, 0.3) is 0 Å². The summed E-state index contributed by atoms with van der Waals surface area (Å²) in [4.78, 5) is 0. The largest absolute Gasteiger partial charge is 0.330 e. The summed E-state index contributed by atoms with van der Waals surface area (Å²) in [6, 6.07) is 6.61.